The number of halogens is 1. The molecule has 10 atom stereocenters. The quantitative estimate of drug-likeness (QED) is 0.122. The van der Waals surface area contributed by atoms with Gasteiger partial charge in [-0.25, -0.2) is 0 Å². The molecule has 24 rings (SSSR count). The van der Waals surface area contributed by atoms with E-state index in [-0.39, 0.29) is 28.3 Å². The summed E-state index contributed by atoms with van der Waals surface area (Å²) in [7, 11) is -0.449. The minimum atomic E-state index is -3.78. The molecule has 0 radical (unpaired) electrons. The third-order valence-electron chi connectivity index (χ3n) is 34.0. The van der Waals surface area contributed by atoms with Gasteiger partial charge in [0, 0.05) is 0 Å². The molecule has 4 aromatic carbocycles. The minimum absolute atomic E-state index is 0. The number of hydrogen-bond donors (Lipinski definition) is 0. The van der Waals surface area contributed by atoms with Crippen molar-refractivity contribution in [2.75, 3.05) is 0 Å². The predicted octanol–water partition coefficient (Wildman–Crippen LogP) is 11.0. The second kappa shape index (κ2) is 2.76. The number of hydrogen-bond acceptors (Lipinski definition) is 0. The number of rotatable bonds is 8. The summed E-state index contributed by atoms with van der Waals surface area (Å²) in [4.78, 5) is 22.5. The van der Waals surface area contributed by atoms with Crippen LogP contribution in [-0.4, -0.2) is 8.11 Å². The van der Waals surface area contributed by atoms with Crippen molar-refractivity contribution in [3.05, 3.63) is 121 Å². The van der Waals surface area contributed by atoms with Crippen molar-refractivity contribution >= 4 is 49.5 Å². The van der Waals surface area contributed by atoms with Gasteiger partial charge in [0.25, 0.3) is 0 Å². The zero-order valence-corrected chi connectivity index (χ0v) is 33.5. The van der Waals surface area contributed by atoms with Crippen LogP contribution < -0.4 is 21.2 Å². The maximum atomic E-state index is 2.67. The third kappa shape index (κ3) is 0.386. The van der Waals surface area contributed by atoms with E-state index < -0.39 is 13.0 Å². The maximum absolute atomic E-state index is 3.78. The molecule has 20 aliphatic rings. The van der Waals surface area contributed by atoms with Gasteiger partial charge in [-0.15, -0.1) is 12.4 Å². The summed E-state index contributed by atoms with van der Waals surface area (Å²) in [5.41, 5.74) is 0. The Labute approximate surface area is 289 Å². The predicted molar refractivity (Wildman–Crippen MR) is 196 cm³/mol. The SMILES string of the molecule is Cl.c1ccc(P(c2ccccc2)[C]23[CH]4[CH]5[CH]6[C]2([Pd][C]27[CH]8[CH]9[CH]%10[C]2(P(c2ccccc2)c2ccccc2)[Fe]98%1072%11%12%13[CH]7[CH]2[CH]%11[CH]%12[CH]7%13)[Fe]56432789[CH]3[CH]2[CH]7[CH]8[CH]39)cc1. The van der Waals surface area contributed by atoms with Crippen LogP contribution in [0.1, 0.15) is 0 Å². The standard InChI is InChI=1S/2C17H13P.2C5H5.ClH.2Fe.Pd/c2*1-3-9-15(10-4-1)18(17-13-7-8-14-17)16-11-5-2-6-12-16;2*1-2-4-5-3-1;;;;/h2*1-13H;2*1-5H;1H;;;. The molecule has 20 heterocycles. The summed E-state index contributed by atoms with van der Waals surface area (Å²) in [6, 6.07) is 50.2. The molecule has 20 saturated heterocycles. The van der Waals surface area contributed by atoms with Gasteiger partial charge in [0.2, 0.25) is 0 Å². The molecule has 0 nitrogen and oxygen atoms in total. The summed E-state index contributed by atoms with van der Waals surface area (Å²) < 4.78 is 3.83. The molecule has 20 aliphatic heterocycles. The van der Waals surface area contributed by atoms with Crippen LogP contribution in [0, 0.1) is 0 Å². The monoisotopic (exact) mass is 880 g/mol. The number of fused-ring (bicyclic) bond motifs is 20. The van der Waals surface area contributed by atoms with Crippen LogP contribution in [0.15, 0.2) is 121 Å². The van der Waals surface area contributed by atoms with E-state index in [9.17, 15) is 0 Å². The zero-order chi connectivity index (χ0) is 30.2. The topological polar surface area (TPSA) is 0 Å². The van der Waals surface area contributed by atoms with E-state index in [0.717, 1.165) is 13.7 Å². The summed E-state index contributed by atoms with van der Waals surface area (Å²) in [6.45, 7) is -7.56. The molecule has 0 aromatic heterocycles. The van der Waals surface area contributed by atoms with E-state index >= 15 is 0 Å². The van der Waals surface area contributed by atoms with Crippen molar-refractivity contribution in [2.45, 2.75) is 90.7 Å². The molecule has 256 valence electrons. The molecule has 20 fully saturated rings. The fraction of sp³-hybridized carbons (Fsp3) is 0.455. The van der Waals surface area contributed by atoms with Crippen LogP contribution in [-0.2, 0) is 31.0 Å². The van der Waals surface area contributed by atoms with Gasteiger partial charge < -0.3 is 0 Å². The van der Waals surface area contributed by atoms with Crippen LogP contribution in [0.25, 0.3) is 0 Å². The Hall–Kier alpha value is -0.269. The summed E-state index contributed by atoms with van der Waals surface area (Å²) >= 11 is 1.18. The number of benzene rings is 4. The molecule has 50 heavy (non-hydrogen) atoms. The van der Waals surface area contributed by atoms with Crippen molar-refractivity contribution in [2.24, 2.45) is 0 Å². The van der Waals surface area contributed by atoms with Gasteiger partial charge in [-0.2, -0.15) is 0 Å². The summed E-state index contributed by atoms with van der Waals surface area (Å²) in [5, 5.41) is 7.33. The van der Waals surface area contributed by atoms with Crippen molar-refractivity contribution in [3.8, 4) is 0 Å². The van der Waals surface area contributed by atoms with Crippen molar-refractivity contribution < 1.29 is 31.0 Å². The molecular formula is C44H37ClFe2P2Pd. The Morgan fingerprint density at radius 3 is 0.840 bits per heavy atom. The summed E-state index contributed by atoms with van der Waals surface area (Å²) in [5.74, 6) is 0. The van der Waals surface area contributed by atoms with E-state index in [1.807, 2.05) is 21.2 Å². The Bertz CT molecular complexity index is 3140. The van der Waals surface area contributed by atoms with E-state index in [1.165, 1.54) is 95.0 Å². The van der Waals surface area contributed by atoms with E-state index in [0.29, 0.717) is 0 Å². The molecule has 0 saturated carbocycles. The van der Waals surface area contributed by atoms with Gasteiger partial charge in [-0.05, 0) is 0 Å². The third-order valence-corrected chi connectivity index (χ3v) is 150. The van der Waals surface area contributed by atoms with Crippen molar-refractivity contribution in [1.82, 2.24) is 0 Å². The van der Waals surface area contributed by atoms with Crippen LogP contribution in [0.4, 0.5) is 0 Å². The molecule has 4 aromatic rings. The molecule has 0 N–H and O–H groups in total. The second-order valence-electron chi connectivity index (χ2n) is 25.3. The van der Waals surface area contributed by atoms with E-state index in [1.54, 1.807) is 0 Å². The molecule has 0 aliphatic carbocycles. The van der Waals surface area contributed by atoms with Crippen LogP contribution in [0.3, 0.4) is 0 Å². The normalized spacial score (nSPS) is 88.0. The zero-order valence-electron chi connectivity index (χ0n) is 27.1. The Kier molecular flexibility index (Phi) is 1.26. The van der Waals surface area contributed by atoms with Gasteiger partial charge in [0.1, 0.15) is 0 Å². The molecule has 2 spiro atoms. The second-order valence-corrected chi connectivity index (χ2v) is 81.4. The molecule has 6 heteroatoms. The van der Waals surface area contributed by atoms with Gasteiger partial charge in [0.15, 0.2) is 0 Å². The average molecular weight is 881 g/mol. The molecule has 10 unspecified atom stereocenters. The van der Waals surface area contributed by atoms with Gasteiger partial charge in [-0.1, -0.05) is 0 Å². The molecule has 0 amide bonds. The molecule has 0 bridgehead atoms. The van der Waals surface area contributed by atoms with E-state index in [4.69, 9.17) is 0 Å². The van der Waals surface area contributed by atoms with Crippen LogP contribution in [0.2, 0.25) is 82.6 Å². The van der Waals surface area contributed by atoms with Gasteiger partial charge in [0.05, 0.1) is 0 Å². The first-order valence-corrected chi connectivity index (χ1v) is 36.2. The molecular weight excluding hydrogens is 844 g/mol. The van der Waals surface area contributed by atoms with Gasteiger partial charge >= 0.3 is 280 Å². The Morgan fingerprint density at radius 1 is 0.360 bits per heavy atom. The average Bonchev–Trinajstić information content (AvgIpc) is 4.01. The summed E-state index contributed by atoms with van der Waals surface area (Å²) in [6.07, 6.45) is 0. The van der Waals surface area contributed by atoms with Crippen molar-refractivity contribution in [3.63, 3.8) is 0 Å². The van der Waals surface area contributed by atoms with Crippen molar-refractivity contribution in [1.29, 1.82) is 0 Å². The first-order chi connectivity index (χ1) is 23.8. The first-order valence-electron chi connectivity index (χ1n) is 19.6. The van der Waals surface area contributed by atoms with Gasteiger partial charge in [-0.3, -0.25) is 0 Å². The first kappa shape index (κ1) is 23.0. The van der Waals surface area contributed by atoms with E-state index in [2.05, 4.69) is 121 Å². The Morgan fingerprint density at radius 2 is 0.620 bits per heavy atom. The van der Waals surface area contributed by atoms with Crippen LogP contribution in [0.5, 0.6) is 0 Å². The van der Waals surface area contributed by atoms with Crippen LogP contribution >= 0.6 is 28.3 Å². The fourth-order valence-corrected chi connectivity index (χ4v) is 252. The fourth-order valence-electron chi connectivity index (χ4n) is 37.2. The Balaban J connectivity index is 0.00000216.